The van der Waals surface area contributed by atoms with E-state index in [1.54, 1.807) is 0 Å². The van der Waals surface area contributed by atoms with Gasteiger partial charge in [0, 0.05) is 25.0 Å². The first kappa shape index (κ1) is 13.7. The van der Waals surface area contributed by atoms with E-state index >= 15 is 0 Å². The number of anilines is 2. The molecule has 0 amide bonds. The molecule has 19 heavy (non-hydrogen) atoms. The molecule has 1 aliphatic heterocycles. The second-order valence-corrected chi connectivity index (χ2v) is 4.76. The Balaban J connectivity index is 2.08. The third-order valence-electron chi connectivity index (χ3n) is 3.39. The number of hydrogen-bond donors (Lipinski definition) is 2. The Kier molecular flexibility index (Phi) is 5.04. The fourth-order valence-corrected chi connectivity index (χ4v) is 2.41. The van der Waals surface area contributed by atoms with Crippen LogP contribution in [0.1, 0.15) is 19.8 Å². The molecule has 102 valence electrons. The van der Waals surface area contributed by atoms with E-state index in [0.29, 0.717) is 6.04 Å². The first-order valence-electron chi connectivity index (χ1n) is 6.95. The van der Waals surface area contributed by atoms with E-state index in [4.69, 9.17) is 0 Å². The van der Waals surface area contributed by atoms with Crippen molar-refractivity contribution in [2.75, 3.05) is 23.3 Å². The van der Waals surface area contributed by atoms with Gasteiger partial charge < -0.3 is 15.5 Å². The molecule has 1 saturated heterocycles. The maximum atomic E-state index is 3.87. The summed E-state index contributed by atoms with van der Waals surface area (Å²) in [5.41, 5.74) is 2.28. The molecule has 2 rings (SSSR count). The second kappa shape index (κ2) is 7.00. The lowest BCUT2D eigenvalue weighted by molar-refractivity contribution is 0.633. The largest absolute Gasteiger partial charge is 0.382 e. The van der Waals surface area contributed by atoms with Gasteiger partial charge in [-0.1, -0.05) is 24.8 Å². The van der Waals surface area contributed by atoms with Crippen molar-refractivity contribution in [1.29, 1.82) is 0 Å². The molecule has 1 unspecified atom stereocenters. The summed E-state index contributed by atoms with van der Waals surface area (Å²) in [7, 11) is 0. The minimum absolute atomic E-state index is 0.590. The molecule has 0 radical (unpaired) electrons. The van der Waals surface area contributed by atoms with Gasteiger partial charge in [0.1, 0.15) is 0 Å². The molecule has 0 saturated carbocycles. The van der Waals surface area contributed by atoms with Crippen LogP contribution in [0.3, 0.4) is 0 Å². The normalized spacial score (nSPS) is 18.7. The first-order chi connectivity index (χ1) is 9.35. The summed E-state index contributed by atoms with van der Waals surface area (Å²) in [5, 5.41) is 7.05. The van der Waals surface area contributed by atoms with Crippen LogP contribution in [0.4, 0.5) is 11.4 Å². The van der Waals surface area contributed by atoms with Crippen molar-refractivity contribution in [3.05, 3.63) is 49.3 Å². The lowest BCUT2D eigenvalue weighted by Crippen LogP contribution is -2.29. The van der Waals surface area contributed by atoms with Crippen molar-refractivity contribution in [1.82, 2.24) is 5.32 Å². The van der Waals surface area contributed by atoms with Crippen LogP contribution in [0.25, 0.3) is 0 Å². The lowest BCUT2D eigenvalue weighted by Gasteiger charge is -2.21. The zero-order chi connectivity index (χ0) is 13.5. The third kappa shape index (κ3) is 3.61. The van der Waals surface area contributed by atoms with E-state index in [-0.39, 0.29) is 0 Å². The lowest BCUT2D eigenvalue weighted by atomic mass is 10.2. The Labute approximate surface area is 116 Å². The molecule has 0 bridgehead atoms. The van der Waals surface area contributed by atoms with Crippen molar-refractivity contribution in [3.8, 4) is 0 Å². The number of hydrogen-bond acceptors (Lipinski definition) is 3. The molecule has 0 aliphatic carbocycles. The van der Waals surface area contributed by atoms with Gasteiger partial charge in [-0.2, -0.15) is 0 Å². The van der Waals surface area contributed by atoms with Gasteiger partial charge in [0.2, 0.25) is 0 Å². The average molecular weight is 257 g/mol. The SMILES string of the molecule is C=CN(/C=C\C)c1ccccc1NCC1CCCN1. The Morgan fingerprint density at radius 3 is 3.00 bits per heavy atom. The molecule has 1 aromatic carbocycles. The highest BCUT2D eigenvalue weighted by molar-refractivity contribution is 5.72. The smallest absolute Gasteiger partial charge is 0.0682 e. The number of benzene rings is 1. The monoisotopic (exact) mass is 257 g/mol. The van der Waals surface area contributed by atoms with Crippen LogP contribution in [0.2, 0.25) is 0 Å². The highest BCUT2D eigenvalue weighted by atomic mass is 15.1. The predicted molar refractivity (Wildman–Crippen MR) is 83.4 cm³/mol. The van der Waals surface area contributed by atoms with Crippen LogP contribution < -0.4 is 15.5 Å². The fourth-order valence-electron chi connectivity index (χ4n) is 2.41. The molecule has 1 fully saturated rings. The van der Waals surface area contributed by atoms with E-state index < -0.39 is 0 Å². The number of allylic oxidation sites excluding steroid dienone is 1. The Bertz CT molecular complexity index is 433. The van der Waals surface area contributed by atoms with Crippen molar-refractivity contribution in [2.24, 2.45) is 0 Å². The summed E-state index contributed by atoms with van der Waals surface area (Å²) in [5.74, 6) is 0. The highest BCUT2D eigenvalue weighted by Crippen LogP contribution is 2.26. The van der Waals surface area contributed by atoms with Crippen molar-refractivity contribution in [3.63, 3.8) is 0 Å². The molecule has 2 N–H and O–H groups in total. The molecule has 3 nitrogen and oxygen atoms in total. The quantitative estimate of drug-likeness (QED) is 0.818. The summed E-state index contributed by atoms with van der Waals surface area (Å²) in [6, 6.07) is 8.92. The zero-order valence-electron chi connectivity index (χ0n) is 11.6. The molecule has 1 aliphatic rings. The summed E-state index contributed by atoms with van der Waals surface area (Å²) in [6.45, 7) is 7.99. The van der Waals surface area contributed by atoms with Crippen molar-refractivity contribution < 1.29 is 0 Å². The fraction of sp³-hybridized carbons (Fsp3) is 0.375. The number of para-hydroxylation sites is 2. The van der Waals surface area contributed by atoms with Crippen molar-refractivity contribution in [2.45, 2.75) is 25.8 Å². The Hall–Kier alpha value is -1.74. The number of nitrogens with one attached hydrogen (secondary N) is 2. The summed E-state index contributed by atoms with van der Waals surface area (Å²) < 4.78 is 0. The van der Waals surface area contributed by atoms with E-state index in [9.17, 15) is 0 Å². The minimum atomic E-state index is 0.590. The molecule has 3 heteroatoms. The van der Waals surface area contributed by atoms with Gasteiger partial charge in [-0.05, 0) is 38.4 Å². The molecule has 1 heterocycles. The maximum absolute atomic E-state index is 3.87. The van der Waals surface area contributed by atoms with Crippen molar-refractivity contribution >= 4 is 11.4 Å². The summed E-state index contributed by atoms with van der Waals surface area (Å²) in [6.07, 6.45) is 8.40. The van der Waals surface area contributed by atoms with Crippen LogP contribution in [0.5, 0.6) is 0 Å². The van der Waals surface area contributed by atoms with E-state index in [1.165, 1.54) is 12.8 Å². The molecule has 1 atom stereocenters. The standard InChI is InChI=1S/C16H23N3/c1-3-12-19(4-2)16-10-6-5-9-15(16)18-13-14-8-7-11-17-14/h3-6,9-10,12,14,17-18H,2,7-8,11,13H2,1H3/b12-3-. The van der Waals surface area contributed by atoms with E-state index in [1.807, 2.05) is 36.4 Å². The predicted octanol–water partition coefficient (Wildman–Crippen LogP) is 3.33. The first-order valence-corrected chi connectivity index (χ1v) is 6.95. The second-order valence-electron chi connectivity index (χ2n) is 4.76. The Morgan fingerprint density at radius 1 is 1.47 bits per heavy atom. The number of nitrogens with zero attached hydrogens (tertiary/aromatic N) is 1. The Morgan fingerprint density at radius 2 is 2.32 bits per heavy atom. The summed E-state index contributed by atoms with van der Waals surface area (Å²) >= 11 is 0. The molecular weight excluding hydrogens is 234 g/mol. The molecule has 1 aromatic rings. The van der Waals surface area contributed by atoms with Crippen LogP contribution in [0.15, 0.2) is 49.3 Å². The van der Waals surface area contributed by atoms with Crippen LogP contribution >= 0.6 is 0 Å². The summed E-state index contributed by atoms with van der Waals surface area (Å²) in [4.78, 5) is 2.03. The van der Waals surface area contributed by atoms with Gasteiger partial charge in [0.15, 0.2) is 0 Å². The highest BCUT2D eigenvalue weighted by Gasteiger charge is 2.14. The van der Waals surface area contributed by atoms with Gasteiger partial charge >= 0.3 is 0 Å². The topological polar surface area (TPSA) is 27.3 Å². The molecule has 0 spiro atoms. The van der Waals surface area contributed by atoms with Gasteiger partial charge in [0.05, 0.1) is 11.4 Å². The van der Waals surface area contributed by atoms with Gasteiger partial charge in [-0.3, -0.25) is 0 Å². The maximum Gasteiger partial charge on any atom is 0.0682 e. The zero-order valence-corrected chi connectivity index (χ0v) is 11.6. The molecule has 0 aromatic heterocycles. The van der Waals surface area contributed by atoms with E-state index in [0.717, 1.165) is 24.5 Å². The average Bonchev–Trinajstić information content (AvgIpc) is 2.96. The van der Waals surface area contributed by atoms with Crippen LogP contribution in [-0.4, -0.2) is 19.1 Å². The molecular formula is C16H23N3. The van der Waals surface area contributed by atoms with Crippen LogP contribution in [-0.2, 0) is 0 Å². The number of rotatable bonds is 6. The third-order valence-corrected chi connectivity index (χ3v) is 3.39. The van der Waals surface area contributed by atoms with Gasteiger partial charge in [0.25, 0.3) is 0 Å². The minimum Gasteiger partial charge on any atom is -0.382 e. The van der Waals surface area contributed by atoms with Gasteiger partial charge in [-0.25, -0.2) is 0 Å². The van der Waals surface area contributed by atoms with E-state index in [2.05, 4.69) is 35.4 Å². The van der Waals surface area contributed by atoms with Gasteiger partial charge in [-0.15, -0.1) is 0 Å². The van der Waals surface area contributed by atoms with Crippen LogP contribution in [0, 0.1) is 0 Å².